The number of rotatable bonds is 1. The molecule has 1 aliphatic carbocycles. The van der Waals surface area contributed by atoms with Gasteiger partial charge >= 0.3 is 6.18 Å². The first-order chi connectivity index (χ1) is 5.47. The fourth-order valence-corrected chi connectivity index (χ4v) is 1.53. The van der Waals surface area contributed by atoms with Crippen molar-refractivity contribution in [1.82, 2.24) is 0 Å². The van der Waals surface area contributed by atoms with E-state index in [0.29, 0.717) is 25.7 Å². The smallest absolute Gasteiger partial charge is 0.300 e. The first-order valence-corrected chi connectivity index (χ1v) is 4.06. The van der Waals surface area contributed by atoms with Crippen LogP contribution >= 0.6 is 0 Å². The van der Waals surface area contributed by atoms with Crippen LogP contribution in [-0.4, -0.2) is 12.0 Å². The van der Waals surface area contributed by atoms with Crippen molar-refractivity contribution in [3.05, 3.63) is 0 Å². The molecule has 0 aromatic carbocycles. The van der Waals surface area contributed by atoms with Gasteiger partial charge in [0.15, 0.2) is 0 Å². The van der Waals surface area contributed by atoms with Crippen LogP contribution in [0.15, 0.2) is 0 Å². The molecule has 0 aromatic rings. The molecule has 0 aliphatic heterocycles. The minimum absolute atomic E-state index is 0.105. The molecule has 1 saturated carbocycles. The molecular formula is C8H11F3O. The fraction of sp³-hybridized carbons (Fsp3) is 0.875. The van der Waals surface area contributed by atoms with E-state index in [1.807, 2.05) is 0 Å². The summed E-state index contributed by atoms with van der Waals surface area (Å²) in [6.07, 6.45) is -3.29. The van der Waals surface area contributed by atoms with E-state index in [1.165, 1.54) is 0 Å². The summed E-state index contributed by atoms with van der Waals surface area (Å²) < 4.78 is 35.6. The van der Waals surface area contributed by atoms with Gasteiger partial charge in [-0.25, -0.2) is 0 Å². The summed E-state index contributed by atoms with van der Waals surface area (Å²) in [7, 11) is 0. The van der Waals surface area contributed by atoms with E-state index in [9.17, 15) is 18.0 Å². The van der Waals surface area contributed by atoms with Gasteiger partial charge in [0.25, 0.3) is 0 Å². The molecule has 0 saturated heterocycles. The lowest BCUT2D eigenvalue weighted by Gasteiger charge is -2.21. The molecule has 0 heterocycles. The molecule has 0 N–H and O–H groups in total. The SMILES string of the molecule is O=C1CCC(CC(F)(F)F)CC1. The van der Waals surface area contributed by atoms with Gasteiger partial charge in [0.05, 0.1) is 0 Å². The van der Waals surface area contributed by atoms with E-state index in [-0.39, 0.29) is 11.7 Å². The summed E-state index contributed by atoms with van der Waals surface area (Å²) in [6.45, 7) is 0. The van der Waals surface area contributed by atoms with Gasteiger partial charge in [-0.3, -0.25) is 4.79 Å². The average molecular weight is 180 g/mol. The zero-order valence-corrected chi connectivity index (χ0v) is 6.66. The molecule has 0 radical (unpaired) electrons. The van der Waals surface area contributed by atoms with Crippen LogP contribution in [0.25, 0.3) is 0 Å². The number of ketones is 1. The van der Waals surface area contributed by atoms with Gasteiger partial charge in [-0.1, -0.05) is 0 Å². The van der Waals surface area contributed by atoms with Crippen molar-refractivity contribution in [1.29, 1.82) is 0 Å². The minimum atomic E-state index is -4.06. The largest absolute Gasteiger partial charge is 0.389 e. The van der Waals surface area contributed by atoms with Crippen LogP contribution in [0, 0.1) is 5.92 Å². The van der Waals surface area contributed by atoms with Crippen LogP contribution in [0.4, 0.5) is 13.2 Å². The van der Waals surface area contributed by atoms with E-state index in [2.05, 4.69) is 0 Å². The lowest BCUT2D eigenvalue weighted by molar-refractivity contribution is -0.148. The van der Waals surface area contributed by atoms with Gasteiger partial charge < -0.3 is 0 Å². The van der Waals surface area contributed by atoms with Crippen LogP contribution in [0.5, 0.6) is 0 Å². The van der Waals surface area contributed by atoms with Crippen molar-refractivity contribution in [3.8, 4) is 0 Å². The lowest BCUT2D eigenvalue weighted by Crippen LogP contribution is -2.20. The molecule has 0 unspecified atom stereocenters. The summed E-state index contributed by atoms with van der Waals surface area (Å²) in [5, 5.41) is 0. The highest BCUT2D eigenvalue weighted by atomic mass is 19.4. The maximum Gasteiger partial charge on any atom is 0.389 e. The predicted octanol–water partition coefficient (Wildman–Crippen LogP) is 2.70. The summed E-state index contributed by atoms with van der Waals surface area (Å²) in [6, 6.07) is 0. The maximum absolute atomic E-state index is 11.9. The van der Waals surface area contributed by atoms with Gasteiger partial charge in [-0.05, 0) is 18.8 Å². The highest BCUT2D eigenvalue weighted by molar-refractivity contribution is 5.78. The normalized spacial score (nSPS) is 21.4. The molecule has 1 nitrogen and oxygen atoms in total. The van der Waals surface area contributed by atoms with Gasteiger partial charge in [0.1, 0.15) is 5.78 Å². The monoisotopic (exact) mass is 180 g/mol. The second-order valence-corrected chi connectivity index (χ2v) is 3.30. The minimum Gasteiger partial charge on any atom is -0.300 e. The summed E-state index contributed by atoms with van der Waals surface area (Å²) in [5.74, 6) is -0.212. The van der Waals surface area contributed by atoms with Crippen molar-refractivity contribution >= 4 is 5.78 Å². The standard InChI is InChI=1S/C8H11F3O/c9-8(10,11)5-6-1-3-7(12)4-2-6/h6H,1-5H2. The molecule has 12 heavy (non-hydrogen) atoms. The molecule has 4 heteroatoms. The maximum atomic E-state index is 11.9. The molecular weight excluding hydrogens is 169 g/mol. The van der Waals surface area contributed by atoms with Gasteiger partial charge in [0.2, 0.25) is 0 Å². The van der Waals surface area contributed by atoms with Crippen molar-refractivity contribution in [2.24, 2.45) is 5.92 Å². The second-order valence-electron chi connectivity index (χ2n) is 3.30. The second kappa shape index (κ2) is 3.46. The third kappa shape index (κ3) is 3.24. The fourth-order valence-electron chi connectivity index (χ4n) is 1.53. The van der Waals surface area contributed by atoms with Crippen molar-refractivity contribution in [2.75, 3.05) is 0 Å². The zero-order valence-electron chi connectivity index (χ0n) is 6.66. The van der Waals surface area contributed by atoms with Crippen LogP contribution < -0.4 is 0 Å². The molecule has 0 bridgehead atoms. The number of halogens is 3. The molecule has 1 fully saturated rings. The Bertz CT molecular complexity index is 164. The van der Waals surface area contributed by atoms with Crippen molar-refractivity contribution in [2.45, 2.75) is 38.3 Å². The summed E-state index contributed by atoms with van der Waals surface area (Å²) in [5.41, 5.74) is 0. The number of alkyl halides is 3. The average Bonchev–Trinajstić information content (AvgIpc) is 1.91. The number of hydrogen-bond donors (Lipinski definition) is 0. The third-order valence-corrected chi connectivity index (χ3v) is 2.18. The van der Waals surface area contributed by atoms with E-state index in [0.717, 1.165) is 0 Å². The Morgan fingerprint density at radius 3 is 2.17 bits per heavy atom. The zero-order chi connectivity index (χ0) is 9.19. The van der Waals surface area contributed by atoms with Crippen molar-refractivity contribution in [3.63, 3.8) is 0 Å². The molecule has 0 amide bonds. The molecule has 0 aromatic heterocycles. The van der Waals surface area contributed by atoms with E-state index in [1.54, 1.807) is 0 Å². The Labute approximate surface area is 68.9 Å². The Hall–Kier alpha value is -0.540. The Morgan fingerprint density at radius 1 is 1.25 bits per heavy atom. The van der Waals surface area contributed by atoms with Crippen LogP contribution in [0.1, 0.15) is 32.1 Å². The lowest BCUT2D eigenvalue weighted by atomic mass is 9.86. The third-order valence-electron chi connectivity index (χ3n) is 2.18. The predicted molar refractivity (Wildman–Crippen MR) is 37.6 cm³/mol. The number of Topliss-reactive ketones (excluding diaryl/α,β-unsaturated/α-hetero) is 1. The number of carbonyl (C=O) groups is 1. The van der Waals surface area contributed by atoms with Crippen LogP contribution in [0.3, 0.4) is 0 Å². The van der Waals surface area contributed by atoms with Gasteiger partial charge in [-0.2, -0.15) is 13.2 Å². The Balaban J connectivity index is 2.31. The first kappa shape index (κ1) is 9.55. The van der Waals surface area contributed by atoms with Gasteiger partial charge in [-0.15, -0.1) is 0 Å². The van der Waals surface area contributed by atoms with E-state index >= 15 is 0 Å². The van der Waals surface area contributed by atoms with E-state index < -0.39 is 12.6 Å². The molecule has 0 spiro atoms. The van der Waals surface area contributed by atoms with Crippen LogP contribution in [-0.2, 0) is 4.79 Å². The van der Waals surface area contributed by atoms with E-state index in [4.69, 9.17) is 0 Å². The Kier molecular flexibility index (Phi) is 2.75. The summed E-state index contributed by atoms with van der Waals surface area (Å²) >= 11 is 0. The molecule has 1 aliphatic rings. The Morgan fingerprint density at radius 2 is 1.75 bits per heavy atom. The quantitative estimate of drug-likeness (QED) is 0.606. The highest BCUT2D eigenvalue weighted by Gasteiger charge is 2.33. The molecule has 70 valence electrons. The first-order valence-electron chi connectivity index (χ1n) is 4.06. The van der Waals surface area contributed by atoms with Crippen LogP contribution in [0.2, 0.25) is 0 Å². The highest BCUT2D eigenvalue weighted by Crippen LogP contribution is 2.32. The number of hydrogen-bond acceptors (Lipinski definition) is 1. The van der Waals surface area contributed by atoms with Crippen molar-refractivity contribution < 1.29 is 18.0 Å². The molecule has 0 atom stereocenters. The van der Waals surface area contributed by atoms with Gasteiger partial charge in [0, 0.05) is 19.3 Å². The summed E-state index contributed by atoms with van der Waals surface area (Å²) in [4.78, 5) is 10.7. The molecule has 1 rings (SSSR count). The topological polar surface area (TPSA) is 17.1 Å². The number of carbonyl (C=O) groups excluding carboxylic acids is 1.